The Morgan fingerprint density at radius 3 is 2.64 bits per heavy atom. The van der Waals surface area contributed by atoms with Gasteiger partial charge in [-0.1, -0.05) is 0 Å². The second-order valence-electron chi connectivity index (χ2n) is 4.89. The fourth-order valence-electron chi connectivity index (χ4n) is 1.43. The van der Waals surface area contributed by atoms with E-state index in [1.165, 1.54) is 0 Å². The van der Waals surface area contributed by atoms with Crippen molar-refractivity contribution in [1.29, 1.82) is 0 Å². The van der Waals surface area contributed by atoms with E-state index < -0.39 is 0 Å². The molecular weight excluding hydrogens is 196 g/mol. The summed E-state index contributed by atoms with van der Waals surface area (Å²) < 4.78 is 0. The Morgan fingerprint density at radius 1 is 1.57 bits per heavy atom. The summed E-state index contributed by atoms with van der Waals surface area (Å²) in [4.78, 5) is 11.6. The van der Waals surface area contributed by atoms with Gasteiger partial charge >= 0.3 is 0 Å². The Morgan fingerprint density at radius 2 is 2.21 bits per heavy atom. The van der Waals surface area contributed by atoms with Gasteiger partial charge in [0.15, 0.2) is 0 Å². The molecular formula is C10H20N2OS. The zero-order chi connectivity index (χ0) is 10.8. The predicted octanol–water partition coefficient (Wildman–Crippen LogP) is 1.34. The summed E-state index contributed by atoms with van der Waals surface area (Å²) in [5.41, 5.74) is -0.119. The molecule has 14 heavy (non-hydrogen) atoms. The lowest BCUT2D eigenvalue weighted by Gasteiger charge is -2.21. The molecule has 2 atom stereocenters. The highest BCUT2D eigenvalue weighted by atomic mass is 32.2. The van der Waals surface area contributed by atoms with Gasteiger partial charge in [0.05, 0.1) is 11.8 Å². The maximum atomic E-state index is 11.6. The minimum atomic E-state index is -0.119. The average molecular weight is 216 g/mol. The lowest BCUT2D eigenvalue weighted by molar-refractivity contribution is -0.122. The lowest BCUT2D eigenvalue weighted by atomic mass is 10.1. The first-order valence-corrected chi connectivity index (χ1v) is 6.10. The largest absolute Gasteiger partial charge is 0.351 e. The number of nitrogens with one attached hydrogen (secondary N) is 2. The number of hydrogen-bond donors (Lipinski definition) is 2. The number of carbonyl (C=O) groups is 1. The molecule has 2 unspecified atom stereocenters. The third-order valence-corrected chi connectivity index (χ3v) is 3.30. The topological polar surface area (TPSA) is 41.1 Å². The molecule has 0 radical (unpaired) electrons. The van der Waals surface area contributed by atoms with E-state index in [9.17, 15) is 4.79 Å². The molecule has 3 nitrogen and oxygen atoms in total. The van der Waals surface area contributed by atoms with Crippen molar-refractivity contribution in [2.45, 2.75) is 51.1 Å². The molecule has 1 amide bonds. The van der Waals surface area contributed by atoms with E-state index in [1.54, 1.807) is 0 Å². The zero-order valence-corrected chi connectivity index (χ0v) is 10.2. The van der Waals surface area contributed by atoms with Crippen LogP contribution < -0.4 is 10.6 Å². The van der Waals surface area contributed by atoms with Crippen molar-refractivity contribution < 1.29 is 4.79 Å². The van der Waals surface area contributed by atoms with Crippen LogP contribution >= 0.6 is 11.8 Å². The molecule has 1 fully saturated rings. The smallest absolute Gasteiger partial charge is 0.222 e. The van der Waals surface area contributed by atoms with Crippen molar-refractivity contribution in [2.75, 3.05) is 5.75 Å². The Hall–Kier alpha value is -0.220. The molecule has 0 aliphatic carbocycles. The molecule has 4 heteroatoms. The molecule has 82 valence electrons. The van der Waals surface area contributed by atoms with Gasteiger partial charge in [0.1, 0.15) is 0 Å². The fourth-order valence-corrected chi connectivity index (χ4v) is 2.64. The first-order valence-electron chi connectivity index (χ1n) is 5.05. The molecule has 0 aromatic rings. The van der Waals surface area contributed by atoms with Crippen LogP contribution in [0.15, 0.2) is 0 Å². The van der Waals surface area contributed by atoms with Crippen LogP contribution in [0.1, 0.15) is 34.1 Å². The van der Waals surface area contributed by atoms with Gasteiger partial charge in [-0.2, -0.15) is 0 Å². The number of rotatable bonds is 2. The zero-order valence-electron chi connectivity index (χ0n) is 9.39. The molecule has 0 saturated carbocycles. The minimum absolute atomic E-state index is 0.119. The monoisotopic (exact) mass is 216 g/mol. The minimum Gasteiger partial charge on any atom is -0.351 e. The van der Waals surface area contributed by atoms with Gasteiger partial charge in [0, 0.05) is 17.3 Å². The summed E-state index contributed by atoms with van der Waals surface area (Å²) in [5, 5.41) is 6.64. The number of carbonyl (C=O) groups excluding carboxylic acids is 1. The Labute approximate surface area is 90.4 Å². The second kappa shape index (κ2) is 4.53. The third kappa shape index (κ3) is 4.33. The molecule has 1 heterocycles. The highest BCUT2D eigenvalue weighted by Gasteiger charge is 2.24. The van der Waals surface area contributed by atoms with Gasteiger partial charge in [-0.3, -0.25) is 4.79 Å². The van der Waals surface area contributed by atoms with Crippen molar-refractivity contribution >= 4 is 17.7 Å². The molecule has 2 N–H and O–H groups in total. The Kier molecular flexibility index (Phi) is 3.84. The molecule has 1 aliphatic rings. The van der Waals surface area contributed by atoms with E-state index in [-0.39, 0.29) is 11.4 Å². The van der Waals surface area contributed by atoms with Crippen molar-refractivity contribution in [3.05, 3.63) is 0 Å². The summed E-state index contributed by atoms with van der Waals surface area (Å²) >= 11 is 1.83. The number of hydrogen-bond acceptors (Lipinski definition) is 3. The molecule has 0 aromatic heterocycles. The summed E-state index contributed by atoms with van der Waals surface area (Å²) in [7, 11) is 0. The summed E-state index contributed by atoms with van der Waals surface area (Å²) in [6, 6.07) is 0.535. The maximum Gasteiger partial charge on any atom is 0.222 e. The fraction of sp³-hybridized carbons (Fsp3) is 0.900. The van der Waals surface area contributed by atoms with Crippen LogP contribution in [-0.4, -0.2) is 28.6 Å². The van der Waals surface area contributed by atoms with Gasteiger partial charge in [-0.05, 0) is 27.7 Å². The highest BCUT2D eigenvalue weighted by Crippen LogP contribution is 2.21. The van der Waals surface area contributed by atoms with Gasteiger partial charge in [-0.15, -0.1) is 11.8 Å². The van der Waals surface area contributed by atoms with Crippen LogP contribution in [-0.2, 0) is 4.79 Å². The maximum absolute atomic E-state index is 11.6. The SMILES string of the molecule is CC1CSC(CC(=O)NC(C)(C)C)N1. The van der Waals surface area contributed by atoms with Gasteiger partial charge in [0.2, 0.25) is 5.91 Å². The van der Waals surface area contributed by atoms with Crippen molar-refractivity contribution in [3.8, 4) is 0 Å². The number of thioether (sulfide) groups is 1. The first kappa shape index (κ1) is 11.9. The van der Waals surface area contributed by atoms with Crippen LogP contribution in [0, 0.1) is 0 Å². The van der Waals surface area contributed by atoms with Crippen LogP contribution in [0.5, 0.6) is 0 Å². The molecule has 0 spiro atoms. The van der Waals surface area contributed by atoms with Crippen LogP contribution in [0.2, 0.25) is 0 Å². The summed E-state index contributed by atoms with van der Waals surface area (Å²) in [6.07, 6.45) is 0.576. The van der Waals surface area contributed by atoms with Crippen LogP contribution in [0.4, 0.5) is 0 Å². The number of amides is 1. The van der Waals surface area contributed by atoms with Crippen molar-refractivity contribution in [1.82, 2.24) is 10.6 Å². The van der Waals surface area contributed by atoms with E-state index in [1.807, 2.05) is 32.5 Å². The standard InChI is InChI=1S/C10H20N2OS/c1-7-6-14-9(11-7)5-8(13)12-10(2,3)4/h7,9,11H,5-6H2,1-4H3,(H,12,13). The second-order valence-corrected chi connectivity index (χ2v) is 6.13. The van der Waals surface area contributed by atoms with E-state index in [0.29, 0.717) is 17.8 Å². The summed E-state index contributed by atoms with van der Waals surface area (Å²) in [5.74, 6) is 1.24. The molecule has 1 rings (SSSR count). The molecule has 0 bridgehead atoms. The van der Waals surface area contributed by atoms with E-state index in [0.717, 1.165) is 5.75 Å². The Bertz CT molecular complexity index is 213. The van der Waals surface area contributed by atoms with Crippen molar-refractivity contribution in [3.63, 3.8) is 0 Å². The Balaban J connectivity index is 2.27. The van der Waals surface area contributed by atoms with Gasteiger partial charge in [0.25, 0.3) is 0 Å². The van der Waals surface area contributed by atoms with E-state index >= 15 is 0 Å². The highest BCUT2D eigenvalue weighted by molar-refractivity contribution is 8.00. The molecule has 1 aliphatic heterocycles. The van der Waals surface area contributed by atoms with Gasteiger partial charge in [-0.25, -0.2) is 0 Å². The summed E-state index contributed by atoms with van der Waals surface area (Å²) in [6.45, 7) is 8.16. The van der Waals surface area contributed by atoms with E-state index in [2.05, 4.69) is 17.6 Å². The van der Waals surface area contributed by atoms with Gasteiger partial charge < -0.3 is 10.6 Å². The normalized spacial score (nSPS) is 27.7. The molecule has 0 aromatic carbocycles. The average Bonchev–Trinajstić information content (AvgIpc) is 2.30. The first-order chi connectivity index (χ1) is 6.37. The third-order valence-electron chi connectivity index (χ3n) is 1.90. The van der Waals surface area contributed by atoms with Crippen LogP contribution in [0.25, 0.3) is 0 Å². The van der Waals surface area contributed by atoms with E-state index in [4.69, 9.17) is 0 Å². The quantitative estimate of drug-likeness (QED) is 0.732. The predicted molar refractivity (Wildman–Crippen MR) is 61.4 cm³/mol. The molecule has 1 saturated heterocycles. The van der Waals surface area contributed by atoms with Crippen molar-refractivity contribution in [2.24, 2.45) is 0 Å². The lowest BCUT2D eigenvalue weighted by Crippen LogP contribution is -2.43. The van der Waals surface area contributed by atoms with Crippen LogP contribution in [0.3, 0.4) is 0 Å².